The second-order valence-electron chi connectivity index (χ2n) is 8.49. The van der Waals surface area contributed by atoms with Crippen LogP contribution in [0.15, 0.2) is 97.1 Å². The van der Waals surface area contributed by atoms with E-state index in [1.165, 1.54) is 13.2 Å². The molecule has 7 nitrogen and oxygen atoms in total. The van der Waals surface area contributed by atoms with Crippen molar-refractivity contribution < 1.29 is 33.6 Å². The second-order valence-corrected chi connectivity index (χ2v) is 8.49. The molecule has 3 atom stereocenters. The number of aliphatic hydroxyl groups is 1. The number of carbonyl (C=O) groups is 1. The molecular weight excluding hydrogens is 460 g/mol. The Balaban J connectivity index is 1.43. The van der Waals surface area contributed by atoms with Gasteiger partial charge in [0.15, 0.2) is 6.26 Å². The average Bonchev–Trinajstić information content (AvgIpc) is 3.34. The number of ether oxygens (including phenoxy) is 5. The summed E-state index contributed by atoms with van der Waals surface area (Å²) in [5.41, 5.74) is 0.750. The van der Waals surface area contributed by atoms with Gasteiger partial charge in [-0.15, -0.1) is 0 Å². The number of esters is 1. The molecule has 0 radical (unpaired) electrons. The van der Waals surface area contributed by atoms with E-state index in [4.69, 9.17) is 23.7 Å². The number of aliphatic hydroxyl groups excluding tert-OH is 1. The van der Waals surface area contributed by atoms with E-state index in [0.29, 0.717) is 24.3 Å². The first-order valence-electron chi connectivity index (χ1n) is 11.8. The molecule has 0 amide bonds. The Morgan fingerprint density at radius 3 is 2.25 bits per heavy atom. The molecule has 7 heteroatoms. The van der Waals surface area contributed by atoms with Gasteiger partial charge in [0, 0.05) is 6.42 Å². The van der Waals surface area contributed by atoms with E-state index in [9.17, 15) is 9.90 Å². The van der Waals surface area contributed by atoms with Crippen LogP contribution >= 0.6 is 0 Å². The Bertz CT molecular complexity index is 1150. The standard InChI is InChI=1S/C29H30O7/c1-3-32-28(31)29(2,36-26-20-34-25(35-26)18-21-10-6-4-7-11-21)27(30)23-14-16-24(17-15-23)33-19-22-12-8-5-9-13-22/h4-17,20,25,27,30H,3,18-19H2,1-2H3. The molecule has 0 aliphatic carbocycles. The predicted molar refractivity (Wildman–Crippen MR) is 132 cm³/mol. The highest BCUT2D eigenvalue weighted by molar-refractivity contribution is 5.80. The van der Waals surface area contributed by atoms with E-state index in [2.05, 4.69) is 0 Å². The Kier molecular flexibility index (Phi) is 8.13. The van der Waals surface area contributed by atoms with E-state index >= 15 is 0 Å². The normalized spacial score (nSPS) is 17.1. The molecule has 188 valence electrons. The highest BCUT2D eigenvalue weighted by Gasteiger charge is 2.47. The van der Waals surface area contributed by atoms with Crippen molar-refractivity contribution in [2.24, 2.45) is 0 Å². The van der Waals surface area contributed by atoms with E-state index in [1.54, 1.807) is 31.2 Å². The maximum atomic E-state index is 12.9. The number of hydrogen-bond donors (Lipinski definition) is 1. The van der Waals surface area contributed by atoms with Crippen molar-refractivity contribution in [3.05, 3.63) is 114 Å². The van der Waals surface area contributed by atoms with Crippen LogP contribution in [0.3, 0.4) is 0 Å². The summed E-state index contributed by atoms with van der Waals surface area (Å²) in [7, 11) is 0. The average molecular weight is 491 g/mol. The third-order valence-corrected chi connectivity index (χ3v) is 5.77. The molecule has 4 rings (SSSR count). The van der Waals surface area contributed by atoms with Crippen molar-refractivity contribution in [2.75, 3.05) is 6.61 Å². The molecule has 1 N–H and O–H groups in total. The minimum Gasteiger partial charge on any atom is -0.489 e. The smallest absolute Gasteiger partial charge is 0.353 e. The highest BCUT2D eigenvalue weighted by atomic mass is 16.8. The topological polar surface area (TPSA) is 83.5 Å². The zero-order valence-electron chi connectivity index (χ0n) is 20.3. The van der Waals surface area contributed by atoms with Crippen LogP contribution < -0.4 is 4.74 Å². The first kappa shape index (κ1) is 25.1. The van der Waals surface area contributed by atoms with Gasteiger partial charge in [-0.25, -0.2) is 4.79 Å². The van der Waals surface area contributed by atoms with E-state index in [-0.39, 0.29) is 12.6 Å². The maximum absolute atomic E-state index is 12.9. The fourth-order valence-corrected chi connectivity index (χ4v) is 3.76. The van der Waals surface area contributed by atoms with E-state index in [0.717, 1.165) is 11.1 Å². The monoisotopic (exact) mass is 490 g/mol. The van der Waals surface area contributed by atoms with Crippen LogP contribution in [0.1, 0.15) is 36.6 Å². The predicted octanol–water partition coefficient (Wildman–Crippen LogP) is 5.05. The molecule has 0 saturated heterocycles. The van der Waals surface area contributed by atoms with Crippen LogP contribution in [-0.2, 0) is 36.8 Å². The maximum Gasteiger partial charge on any atom is 0.353 e. The van der Waals surface area contributed by atoms with E-state index < -0.39 is 24.0 Å². The number of benzene rings is 3. The molecule has 0 saturated carbocycles. The largest absolute Gasteiger partial charge is 0.489 e. The molecule has 0 aromatic heterocycles. The molecule has 3 aromatic rings. The number of rotatable bonds is 11. The first-order valence-corrected chi connectivity index (χ1v) is 11.8. The lowest BCUT2D eigenvalue weighted by Gasteiger charge is -2.32. The van der Waals surface area contributed by atoms with Crippen LogP contribution in [-0.4, -0.2) is 29.6 Å². The first-order chi connectivity index (χ1) is 17.5. The molecule has 0 spiro atoms. The molecule has 36 heavy (non-hydrogen) atoms. The SMILES string of the molecule is CCOC(=O)C(C)(OC1=COC(Cc2ccccc2)O1)C(O)c1ccc(OCc2ccccc2)cc1. The summed E-state index contributed by atoms with van der Waals surface area (Å²) in [6.45, 7) is 3.70. The number of hydrogen-bond acceptors (Lipinski definition) is 7. The lowest BCUT2D eigenvalue weighted by Crippen LogP contribution is -2.45. The minimum atomic E-state index is -1.78. The van der Waals surface area contributed by atoms with Crippen molar-refractivity contribution >= 4 is 5.97 Å². The summed E-state index contributed by atoms with van der Waals surface area (Å²) in [6, 6.07) is 26.4. The third kappa shape index (κ3) is 6.17. The quantitative estimate of drug-likeness (QED) is 0.377. The van der Waals surface area contributed by atoms with Gasteiger partial charge in [-0.3, -0.25) is 0 Å². The van der Waals surface area contributed by atoms with E-state index in [1.807, 2.05) is 60.7 Å². The molecule has 1 heterocycles. The summed E-state index contributed by atoms with van der Waals surface area (Å²) in [6.07, 6.45) is -0.157. The van der Waals surface area contributed by atoms with Gasteiger partial charge in [0.05, 0.1) is 6.61 Å². The summed E-state index contributed by atoms with van der Waals surface area (Å²) in [5, 5.41) is 11.2. The van der Waals surface area contributed by atoms with Crippen LogP contribution in [0.5, 0.6) is 5.75 Å². The Morgan fingerprint density at radius 1 is 0.972 bits per heavy atom. The molecule has 0 bridgehead atoms. The van der Waals surface area contributed by atoms with Crippen LogP contribution in [0.25, 0.3) is 0 Å². The molecule has 0 fully saturated rings. The minimum absolute atomic E-state index is 0.00616. The van der Waals surface area contributed by atoms with Gasteiger partial charge < -0.3 is 28.8 Å². The van der Waals surface area contributed by atoms with Crippen molar-refractivity contribution in [3.8, 4) is 5.75 Å². The third-order valence-electron chi connectivity index (χ3n) is 5.77. The lowest BCUT2D eigenvalue weighted by molar-refractivity contribution is -0.191. The molecular formula is C29H30O7. The Hall–Kier alpha value is -3.97. The lowest BCUT2D eigenvalue weighted by atomic mass is 9.92. The van der Waals surface area contributed by atoms with Crippen LogP contribution in [0.2, 0.25) is 0 Å². The van der Waals surface area contributed by atoms with Crippen LogP contribution in [0, 0.1) is 0 Å². The molecule has 1 aliphatic heterocycles. The Labute approximate surface area is 210 Å². The molecule has 3 aromatic carbocycles. The van der Waals surface area contributed by atoms with Crippen molar-refractivity contribution in [1.82, 2.24) is 0 Å². The van der Waals surface area contributed by atoms with Gasteiger partial charge in [-0.2, -0.15) is 0 Å². The van der Waals surface area contributed by atoms with Crippen molar-refractivity contribution in [1.29, 1.82) is 0 Å². The summed E-state index contributed by atoms with van der Waals surface area (Å²) in [5.74, 6) is -0.0983. The van der Waals surface area contributed by atoms with Gasteiger partial charge in [-0.1, -0.05) is 72.8 Å². The molecule has 3 unspecified atom stereocenters. The fraction of sp³-hybridized carbons (Fsp3) is 0.276. The van der Waals surface area contributed by atoms with Crippen molar-refractivity contribution in [3.63, 3.8) is 0 Å². The fourth-order valence-electron chi connectivity index (χ4n) is 3.76. The van der Waals surface area contributed by atoms with Gasteiger partial charge in [0.1, 0.15) is 18.5 Å². The van der Waals surface area contributed by atoms with Crippen molar-refractivity contribution in [2.45, 2.75) is 44.9 Å². The van der Waals surface area contributed by atoms with Gasteiger partial charge in [0.2, 0.25) is 11.9 Å². The van der Waals surface area contributed by atoms with Gasteiger partial charge in [-0.05, 0) is 42.7 Å². The number of carbonyl (C=O) groups excluding carboxylic acids is 1. The summed E-state index contributed by atoms with van der Waals surface area (Å²) in [4.78, 5) is 12.9. The Morgan fingerprint density at radius 2 is 1.61 bits per heavy atom. The zero-order chi connectivity index (χ0) is 25.4. The molecule has 1 aliphatic rings. The highest BCUT2D eigenvalue weighted by Crippen LogP contribution is 2.35. The summed E-state index contributed by atoms with van der Waals surface area (Å²) >= 11 is 0. The summed E-state index contributed by atoms with van der Waals surface area (Å²) < 4.78 is 28.2. The zero-order valence-corrected chi connectivity index (χ0v) is 20.3. The van der Waals surface area contributed by atoms with Crippen LogP contribution in [0.4, 0.5) is 0 Å². The van der Waals surface area contributed by atoms with Gasteiger partial charge in [0.25, 0.3) is 0 Å². The second kappa shape index (κ2) is 11.6. The van der Waals surface area contributed by atoms with Gasteiger partial charge >= 0.3 is 11.9 Å².